The van der Waals surface area contributed by atoms with Crippen LogP contribution in [0.3, 0.4) is 0 Å². The van der Waals surface area contributed by atoms with Crippen LogP contribution in [0.5, 0.6) is 0 Å². The first-order valence-corrected chi connectivity index (χ1v) is 6.49. The minimum atomic E-state index is -0.159. The van der Waals surface area contributed by atoms with E-state index >= 15 is 0 Å². The Labute approximate surface area is 114 Å². The molecule has 0 bridgehead atoms. The van der Waals surface area contributed by atoms with Crippen LogP contribution < -0.4 is 11.1 Å². The fourth-order valence-electron chi connectivity index (χ4n) is 1.54. The number of carbonyl (C=O) groups is 1. The Morgan fingerprint density at radius 2 is 2.37 bits per heavy atom. The molecule has 7 heteroatoms. The molecule has 100 valence electrons. The van der Waals surface area contributed by atoms with Gasteiger partial charge in [0, 0.05) is 18.9 Å². The van der Waals surface area contributed by atoms with Gasteiger partial charge in [0.05, 0.1) is 18.0 Å². The molecule has 0 unspecified atom stereocenters. The highest BCUT2D eigenvalue weighted by Gasteiger charge is 2.13. The summed E-state index contributed by atoms with van der Waals surface area (Å²) in [5.74, 6) is 0.710. The summed E-state index contributed by atoms with van der Waals surface area (Å²) in [5, 5.41) is 4.62. The third-order valence-corrected chi connectivity index (χ3v) is 3.34. The monoisotopic (exact) mass is 278 g/mol. The van der Waals surface area contributed by atoms with E-state index in [4.69, 9.17) is 10.5 Å². The molecular formula is C12H14N4O2S. The Kier molecular flexibility index (Phi) is 4.43. The SMILES string of the molecule is COCc1ccsc1C(=O)NCc1nccc(N)n1. The molecule has 3 N–H and O–H groups in total. The number of nitrogens with two attached hydrogens (primary N) is 1. The second-order valence-corrected chi connectivity index (χ2v) is 4.70. The van der Waals surface area contributed by atoms with E-state index in [1.165, 1.54) is 11.3 Å². The van der Waals surface area contributed by atoms with E-state index in [9.17, 15) is 4.79 Å². The Balaban J connectivity index is 1.99. The lowest BCUT2D eigenvalue weighted by atomic mass is 10.2. The summed E-state index contributed by atoms with van der Waals surface area (Å²) in [4.78, 5) is 20.7. The lowest BCUT2D eigenvalue weighted by Gasteiger charge is -2.05. The van der Waals surface area contributed by atoms with Crippen LogP contribution in [-0.2, 0) is 17.9 Å². The molecule has 0 aliphatic heterocycles. The summed E-state index contributed by atoms with van der Waals surface area (Å²) in [6, 6.07) is 3.47. The van der Waals surface area contributed by atoms with Crippen molar-refractivity contribution in [3.63, 3.8) is 0 Å². The van der Waals surface area contributed by atoms with Crippen molar-refractivity contribution in [1.82, 2.24) is 15.3 Å². The average Bonchev–Trinajstić information content (AvgIpc) is 2.85. The number of hydrogen-bond donors (Lipinski definition) is 2. The molecule has 1 amide bonds. The molecule has 0 radical (unpaired) electrons. The van der Waals surface area contributed by atoms with E-state index in [0.29, 0.717) is 23.1 Å². The minimum Gasteiger partial charge on any atom is -0.384 e. The Morgan fingerprint density at radius 1 is 1.53 bits per heavy atom. The van der Waals surface area contributed by atoms with E-state index < -0.39 is 0 Å². The normalized spacial score (nSPS) is 10.4. The van der Waals surface area contributed by atoms with Crippen molar-refractivity contribution in [1.29, 1.82) is 0 Å². The molecule has 0 saturated carbocycles. The van der Waals surface area contributed by atoms with Crippen molar-refractivity contribution in [2.24, 2.45) is 0 Å². The lowest BCUT2D eigenvalue weighted by Crippen LogP contribution is -2.24. The zero-order valence-electron chi connectivity index (χ0n) is 10.4. The number of anilines is 1. The van der Waals surface area contributed by atoms with Gasteiger partial charge in [-0.05, 0) is 17.5 Å². The topological polar surface area (TPSA) is 90.1 Å². The summed E-state index contributed by atoms with van der Waals surface area (Å²) >= 11 is 1.38. The van der Waals surface area contributed by atoms with Crippen LogP contribution in [-0.4, -0.2) is 23.0 Å². The number of nitrogens with one attached hydrogen (secondary N) is 1. The second kappa shape index (κ2) is 6.26. The van der Waals surface area contributed by atoms with Crippen LogP contribution in [0.2, 0.25) is 0 Å². The molecule has 0 aliphatic rings. The highest BCUT2D eigenvalue weighted by Crippen LogP contribution is 2.17. The molecular weight excluding hydrogens is 264 g/mol. The second-order valence-electron chi connectivity index (χ2n) is 3.79. The summed E-state index contributed by atoms with van der Waals surface area (Å²) < 4.78 is 5.04. The Hall–Kier alpha value is -1.99. The number of aromatic nitrogens is 2. The fourth-order valence-corrected chi connectivity index (χ4v) is 2.37. The maximum Gasteiger partial charge on any atom is 0.262 e. The van der Waals surface area contributed by atoms with Gasteiger partial charge in [-0.15, -0.1) is 11.3 Å². The van der Waals surface area contributed by atoms with Gasteiger partial charge in [0.15, 0.2) is 0 Å². The Bertz CT molecular complexity index is 570. The average molecular weight is 278 g/mol. The molecule has 0 aliphatic carbocycles. The third-order valence-electron chi connectivity index (χ3n) is 2.39. The van der Waals surface area contributed by atoms with Gasteiger partial charge in [0.1, 0.15) is 11.6 Å². The Morgan fingerprint density at radius 3 is 3.11 bits per heavy atom. The molecule has 0 saturated heterocycles. The van der Waals surface area contributed by atoms with E-state index in [2.05, 4.69) is 15.3 Å². The molecule has 2 rings (SSSR count). The summed E-state index contributed by atoms with van der Waals surface area (Å²) in [5.41, 5.74) is 6.42. The molecule has 2 aromatic heterocycles. The van der Waals surface area contributed by atoms with E-state index in [1.807, 2.05) is 11.4 Å². The van der Waals surface area contributed by atoms with Crippen molar-refractivity contribution in [2.75, 3.05) is 12.8 Å². The van der Waals surface area contributed by atoms with Crippen molar-refractivity contribution < 1.29 is 9.53 Å². The number of carbonyl (C=O) groups excluding carboxylic acids is 1. The van der Waals surface area contributed by atoms with Gasteiger partial charge in [-0.3, -0.25) is 4.79 Å². The zero-order valence-corrected chi connectivity index (χ0v) is 11.2. The van der Waals surface area contributed by atoms with Gasteiger partial charge in [0.2, 0.25) is 0 Å². The predicted molar refractivity (Wildman–Crippen MR) is 72.6 cm³/mol. The zero-order chi connectivity index (χ0) is 13.7. The van der Waals surface area contributed by atoms with Crippen molar-refractivity contribution >= 4 is 23.1 Å². The summed E-state index contributed by atoms with van der Waals surface area (Å²) in [7, 11) is 1.60. The first-order valence-electron chi connectivity index (χ1n) is 5.61. The van der Waals surface area contributed by atoms with Crippen LogP contribution in [0, 0.1) is 0 Å². The van der Waals surface area contributed by atoms with Gasteiger partial charge >= 0.3 is 0 Å². The maximum absolute atomic E-state index is 12.0. The fraction of sp³-hybridized carbons (Fsp3) is 0.250. The number of hydrogen-bond acceptors (Lipinski definition) is 6. The standard InChI is InChI=1S/C12H14N4O2S/c1-18-7-8-3-5-19-11(8)12(17)15-6-10-14-4-2-9(13)16-10/h2-5H,6-7H2,1H3,(H,15,17)(H2,13,14,16). The summed E-state index contributed by atoms with van der Waals surface area (Å²) in [6.45, 7) is 0.662. The minimum absolute atomic E-state index is 0.159. The number of thiophene rings is 1. The molecule has 0 aromatic carbocycles. The number of ether oxygens (including phenoxy) is 1. The smallest absolute Gasteiger partial charge is 0.262 e. The third kappa shape index (κ3) is 3.49. The molecule has 2 aromatic rings. The molecule has 0 atom stereocenters. The van der Waals surface area contributed by atoms with Crippen LogP contribution in [0.15, 0.2) is 23.7 Å². The first kappa shape index (κ1) is 13.4. The first-order chi connectivity index (χ1) is 9.20. The van der Waals surface area contributed by atoms with Crippen LogP contribution in [0.25, 0.3) is 0 Å². The van der Waals surface area contributed by atoms with E-state index in [0.717, 1.165) is 5.56 Å². The lowest BCUT2D eigenvalue weighted by molar-refractivity contribution is 0.0949. The van der Waals surface area contributed by atoms with Crippen LogP contribution in [0.4, 0.5) is 5.82 Å². The van der Waals surface area contributed by atoms with Gasteiger partial charge in [-0.1, -0.05) is 0 Å². The van der Waals surface area contributed by atoms with Crippen molar-refractivity contribution in [2.45, 2.75) is 13.2 Å². The quantitative estimate of drug-likeness (QED) is 0.857. The van der Waals surface area contributed by atoms with Gasteiger partial charge in [0.25, 0.3) is 5.91 Å². The van der Waals surface area contributed by atoms with Gasteiger partial charge in [-0.2, -0.15) is 0 Å². The molecule has 0 spiro atoms. The number of amides is 1. The van der Waals surface area contributed by atoms with E-state index in [-0.39, 0.29) is 12.5 Å². The number of nitrogen functional groups attached to an aromatic ring is 1. The summed E-state index contributed by atoms with van der Waals surface area (Å²) in [6.07, 6.45) is 1.56. The number of nitrogens with zero attached hydrogens (tertiary/aromatic N) is 2. The van der Waals surface area contributed by atoms with Crippen molar-refractivity contribution in [3.05, 3.63) is 40.0 Å². The number of methoxy groups -OCH3 is 1. The largest absolute Gasteiger partial charge is 0.384 e. The van der Waals surface area contributed by atoms with Crippen LogP contribution >= 0.6 is 11.3 Å². The number of rotatable bonds is 5. The molecule has 2 heterocycles. The maximum atomic E-state index is 12.0. The van der Waals surface area contributed by atoms with Gasteiger partial charge in [-0.25, -0.2) is 9.97 Å². The van der Waals surface area contributed by atoms with Gasteiger partial charge < -0.3 is 15.8 Å². The van der Waals surface area contributed by atoms with Crippen LogP contribution in [0.1, 0.15) is 21.1 Å². The molecule has 19 heavy (non-hydrogen) atoms. The van der Waals surface area contributed by atoms with Crippen molar-refractivity contribution in [3.8, 4) is 0 Å². The highest BCUT2D eigenvalue weighted by atomic mass is 32.1. The van der Waals surface area contributed by atoms with E-state index in [1.54, 1.807) is 19.4 Å². The molecule has 0 fully saturated rings. The highest BCUT2D eigenvalue weighted by molar-refractivity contribution is 7.12. The molecule has 6 nitrogen and oxygen atoms in total. The predicted octanol–water partition coefficient (Wildman–Crippen LogP) is 1.20.